The molecule has 0 fully saturated rings. The van der Waals surface area contributed by atoms with E-state index in [9.17, 15) is 15.2 Å². The topological polar surface area (TPSA) is 85.0 Å². The molecule has 3 rings (SSSR count). The minimum absolute atomic E-state index is 0.0971. The van der Waals surface area contributed by atoms with Gasteiger partial charge in [-0.25, -0.2) is 4.99 Å². The summed E-state index contributed by atoms with van der Waals surface area (Å²) in [6.07, 6.45) is -1.22. The number of aliphatic hydroxyl groups is 1. The number of benzene rings is 1. The summed E-state index contributed by atoms with van der Waals surface area (Å²) in [5.41, 5.74) is 1.56. The summed E-state index contributed by atoms with van der Waals surface area (Å²) in [7, 11) is 0. The maximum atomic E-state index is 10.7. The zero-order valence-corrected chi connectivity index (χ0v) is 10.3. The van der Waals surface area contributed by atoms with Crippen LogP contribution in [-0.4, -0.2) is 22.0 Å². The molecule has 0 aliphatic carbocycles. The Bertz CT molecular complexity index is 666. The maximum absolute atomic E-state index is 10.7. The van der Waals surface area contributed by atoms with Gasteiger partial charge in [-0.15, -0.1) is 0 Å². The Morgan fingerprint density at radius 1 is 1.42 bits per heavy atom. The van der Waals surface area contributed by atoms with Crippen LogP contribution in [0.3, 0.4) is 0 Å². The van der Waals surface area contributed by atoms with Crippen molar-refractivity contribution in [3.05, 3.63) is 50.7 Å². The van der Waals surface area contributed by atoms with Crippen molar-refractivity contribution in [1.82, 2.24) is 0 Å². The van der Waals surface area contributed by atoms with Gasteiger partial charge in [0.25, 0.3) is 5.69 Å². The average Bonchev–Trinajstić information content (AvgIpc) is 2.90. The van der Waals surface area contributed by atoms with Crippen molar-refractivity contribution in [3.8, 4) is 5.75 Å². The van der Waals surface area contributed by atoms with E-state index in [1.54, 1.807) is 0 Å². The van der Waals surface area contributed by atoms with Gasteiger partial charge in [0.2, 0.25) is 6.29 Å². The molecule has 1 unspecified atom stereocenters. The van der Waals surface area contributed by atoms with Gasteiger partial charge in [-0.2, -0.15) is 11.3 Å². The second-order valence-electron chi connectivity index (χ2n) is 3.89. The lowest BCUT2D eigenvalue weighted by Gasteiger charge is -2.21. The van der Waals surface area contributed by atoms with Gasteiger partial charge in [0, 0.05) is 17.0 Å². The van der Waals surface area contributed by atoms with Gasteiger partial charge >= 0.3 is 0 Å². The van der Waals surface area contributed by atoms with Crippen LogP contribution in [0.5, 0.6) is 5.75 Å². The minimum Gasteiger partial charge on any atom is -0.457 e. The number of hydrogen-bond donors (Lipinski definition) is 1. The van der Waals surface area contributed by atoms with Gasteiger partial charge in [0.15, 0.2) is 5.75 Å². The molecular formula is C12H8N2O4S. The summed E-state index contributed by atoms with van der Waals surface area (Å²) >= 11 is 1.49. The number of aliphatic imine (C=N–C) groups is 1. The quantitative estimate of drug-likeness (QED) is 0.674. The van der Waals surface area contributed by atoms with Gasteiger partial charge in [-0.1, -0.05) is 0 Å². The van der Waals surface area contributed by atoms with Crippen molar-refractivity contribution in [1.29, 1.82) is 0 Å². The van der Waals surface area contributed by atoms with Crippen LogP contribution in [0, 0.1) is 10.1 Å². The van der Waals surface area contributed by atoms with Gasteiger partial charge < -0.3 is 9.84 Å². The molecule has 96 valence electrons. The van der Waals surface area contributed by atoms with Crippen molar-refractivity contribution in [2.45, 2.75) is 6.29 Å². The molecule has 0 radical (unpaired) electrons. The first-order chi connectivity index (χ1) is 9.15. The van der Waals surface area contributed by atoms with Crippen molar-refractivity contribution in [3.63, 3.8) is 0 Å². The highest BCUT2D eigenvalue weighted by Gasteiger charge is 2.25. The SMILES string of the molecule is O=[N+]([O-])c1ccc2c(c1)OC(O)C(c1ccsc1)=N2. The van der Waals surface area contributed by atoms with Crippen LogP contribution in [-0.2, 0) is 0 Å². The Morgan fingerprint density at radius 3 is 2.95 bits per heavy atom. The first-order valence-corrected chi connectivity index (χ1v) is 6.34. The molecule has 0 bridgehead atoms. The summed E-state index contributed by atoms with van der Waals surface area (Å²) in [5.74, 6) is 0.209. The molecular weight excluding hydrogens is 268 g/mol. The lowest BCUT2D eigenvalue weighted by molar-refractivity contribution is -0.384. The molecule has 1 aromatic heterocycles. The molecule has 2 heterocycles. The normalized spacial score (nSPS) is 17.3. The number of nitrogens with zero attached hydrogens (tertiary/aromatic N) is 2. The molecule has 0 saturated carbocycles. The number of ether oxygens (including phenoxy) is 1. The molecule has 0 spiro atoms. The lowest BCUT2D eigenvalue weighted by atomic mass is 10.1. The first-order valence-electron chi connectivity index (χ1n) is 5.39. The zero-order valence-electron chi connectivity index (χ0n) is 9.52. The smallest absolute Gasteiger partial charge is 0.273 e. The third-order valence-corrected chi connectivity index (χ3v) is 3.37. The number of hydrogen-bond acceptors (Lipinski definition) is 6. The van der Waals surface area contributed by atoms with E-state index in [4.69, 9.17) is 4.74 Å². The fourth-order valence-electron chi connectivity index (χ4n) is 1.78. The second-order valence-corrected chi connectivity index (χ2v) is 4.67. The minimum atomic E-state index is -1.22. The number of aliphatic hydroxyl groups excluding tert-OH is 1. The van der Waals surface area contributed by atoms with Crippen LogP contribution in [0.1, 0.15) is 5.56 Å². The zero-order chi connectivity index (χ0) is 13.4. The highest BCUT2D eigenvalue weighted by atomic mass is 32.1. The third-order valence-electron chi connectivity index (χ3n) is 2.68. The summed E-state index contributed by atoms with van der Waals surface area (Å²) in [6, 6.07) is 5.94. The van der Waals surface area contributed by atoms with Crippen LogP contribution in [0.2, 0.25) is 0 Å². The molecule has 1 aromatic carbocycles. The van der Waals surface area contributed by atoms with Crippen molar-refractivity contribution in [2.75, 3.05) is 0 Å². The van der Waals surface area contributed by atoms with E-state index in [1.807, 2.05) is 16.8 Å². The molecule has 0 saturated heterocycles. The van der Waals surface area contributed by atoms with Gasteiger partial charge in [0.1, 0.15) is 11.4 Å². The fourth-order valence-corrected chi connectivity index (χ4v) is 2.43. The number of rotatable bonds is 2. The number of non-ortho nitro benzene ring substituents is 1. The van der Waals surface area contributed by atoms with E-state index in [1.165, 1.54) is 29.5 Å². The summed E-state index contributed by atoms with van der Waals surface area (Å²) < 4.78 is 5.28. The van der Waals surface area contributed by atoms with Crippen LogP contribution in [0.25, 0.3) is 0 Å². The molecule has 1 aliphatic heterocycles. The summed E-state index contributed by atoms with van der Waals surface area (Å²) in [6.45, 7) is 0. The molecule has 1 N–H and O–H groups in total. The predicted molar refractivity (Wildman–Crippen MR) is 70.2 cm³/mol. The second kappa shape index (κ2) is 4.45. The Kier molecular flexibility index (Phi) is 2.77. The van der Waals surface area contributed by atoms with Crippen LogP contribution in [0.15, 0.2) is 40.0 Å². The lowest BCUT2D eigenvalue weighted by Crippen LogP contribution is -2.29. The number of fused-ring (bicyclic) bond motifs is 1. The Labute approximate surface area is 111 Å². The van der Waals surface area contributed by atoms with E-state index < -0.39 is 11.2 Å². The third kappa shape index (κ3) is 2.09. The average molecular weight is 276 g/mol. The van der Waals surface area contributed by atoms with Crippen molar-refractivity contribution < 1.29 is 14.8 Å². The van der Waals surface area contributed by atoms with Crippen LogP contribution in [0.4, 0.5) is 11.4 Å². The Morgan fingerprint density at radius 2 is 2.26 bits per heavy atom. The first kappa shape index (κ1) is 11.8. The van der Waals surface area contributed by atoms with Gasteiger partial charge in [0.05, 0.1) is 11.0 Å². The number of nitro benzene ring substituents is 1. The summed E-state index contributed by atoms with van der Waals surface area (Å²) in [4.78, 5) is 14.4. The van der Waals surface area contributed by atoms with Gasteiger partial charge in [-0.05, 0) is 17.5 Å². The molecule has 19 heavy (non-hydrogen) atoms. The predicted octanol–water partition coefficient (Wildman–Crippen LogP) is 2.49. The van der Waals surface area contributed by atoms with Gasteiger partial charge in [-0.3, -0.25) is 10.1 Å². The Balaban J connectivity index is 2.06. The highest BCUT2D eigenvalue weighted by Crippen LogP contribution is 2.36. The van der Waals surface area contributed by atoms with Crippen molar-refractivity contribution in [2.24, 2.45) is 4.99 Å². The van der Waals surface area contributed by atoms with Crippen LogP contribution < -0.4 is 4.74 Å². The highest BCUT2D eigenvalue weighted by molar-refractivity contribution is 7.08. The van der Waals surface area contributed by atoms with E-state index in [2.05, 4.69) is 4.99 Å². The monoisotopic (exact) mass is 276 g/mol. The molecule has 1 aliphatic rings. The molecule has 1 atom stereocenters. The summed E-state index contributed by atoms with van der Waals surface area (Å²) in [5, 5.41) is 24.3. The molecule has 7 heteroatoms. The van der Waals surface area contributed by atoms with E-state index >= 15 is 0 Å². The number of thiophene rings is 1. The van der Waals surface area contributed by atoms with Crippen molar-refractivity contribution >= 4 is 28.4 Å². The van der Waals surface area contributed by atoms with E-state index in [0.717, 1.165) is 5.56 Å². The molecule has 2 aromatic rings. The Hall–Kier alpha value is -2.25. The number of nitro groups is 1. The molecule has 6 nitrogen and oxygen atoms in total. The fraction of sp³-hybridized carbons (Fsp3) is 0.0833. The maximum Gasteiger partial charge on any atom is 0.273 e. The van der Waals surface area contributed by atoms with Crippen LogP contribution >= 0.6 is 11.3 Å². The molecule has 0 amide bonds. The standard InChI is InChI=1S/C12H8N2O4S/c15-12-11(7-3-4-19-6-7)13-9-2-1-8(14(16)17)5-10(9)18-12/h1-6,12,15H. The largest absolute Gasteiger partial charge is 0.457 e. The van der Waals surface area contributed by atoms with E-state index in [-0.39, 0.29) is 11.4 Å². The van der Waals surface area contributed by atoms with E-state index in [0.29, 0.717) is 11.4 Å².